The van der Waals surface area contributed by atoms with Crippen molar-refractivity contribution in [3.63, 3.8) is 0 Å². The van der Waals surface area contributed by atoms with Crippen LogP contribution in [0.1, 0.15) is 19.5 Å². The first-order chi connectivity index (χ1) is 5.88. The highest BCUT2D eigenvalue weighted by Gasteiger charge is 1.95. The van der Waals surface area contributed by atoms with Crippen molar-refractivity contribution in [1.82, 2.24) is 19.6 Å². The fourth-order valence-corrected chi connectivity index (χ4v) is 0.873. The van der Waals surface area contributed by atoms with E-state index in [1.807, 2.05) is 31.4 Å². The van der Waals surface area contributed by atoms with E-state index >= 15 is 0 Å². The summed E-state index contributed by atoms with van der Waals surface area (Å²) in [6, 6.07) is 0. The molecule has 4 nitrogen and oxygen atoms in total. The van der Waals surface area contributed by atoms with Gasteiger partial charge in [-0.3, -0.25) is 4.40 Å². The van der Waals surface area contributed by atoms with Crippen LogP contribution in [0.15, 0.2) is 18.6 Å². The Morgan fingerprint density at radius 1 is 1.33 bits per heavy atom. The lowest BCUT2D eigenvalue weighted by Gasteiger charge is -1.89. The van der Waals surface area contributed by atoms with Crippen LogP contribution in [-0.4, -0.2) is 19.6 Å². The van der Waals surface area contributed by atoms with Crippen LogP contribution >= 0.6 is 0 Å². The average Bonchev–Trinajstić information content (AvgIpc) is 2.53. The van der Waals surface area contributed by atoms with Gasteiger partial charge >= 0.3 is 0 Å². The molecule has 12 heavy (non-hydrogen) atoms. The van der Waals surface area contributed by atoms with Gasteiger partial charge in [0.05, 0.1) is 12.4 Å². The van der Waals surface area contributed by atoms with Gasteiger partial charge in [0.2, 0.25) is 0 Å². The normalized spacial score (nSPS) is 9.25. The first-order valence-corrected chi connectivity index (χ1v) is 3.99. The quantitative estimate of drug-likeness (QED) is 0.592. The number of nitrogens with zero attached hydrogens (tertiary/aromatic N) is 4. The smallest absolute Gasteiger partial charge is 0.253 e. The van der Waals surface area contributed by atoms with E-state index in [0.29, 0.717) is 5.78 Å². The predicted octanol–water partition coefficient (Wildman–Crippen LogP) is 1.46. The molecule has 0 N–H and O–H groups in total. The Labute approximate surface area is 71.3 Å². The number of hydrogen-bond donors (Lipinski definition) is 0. The summed E-state index contributed by atoms with van der Waals surface area (Å²) in [6.45, 7) is 5.97. The fraction of sp³-hybridized carbons (Fsp3) is 0.375. The molecule has 0 saturated carbocycles. The number of aromatic nitrogens is 4. The Balaban J connectivity index is 0.000000336. The summed E-state index contributed by atoms with van der Waals surface area (Å²) in [5.74, 6) is 0.653. The van der Waals surface area contributed by atoms with Crippen LogP contribution in [0, 0.1) is 6.92 Å². The molecule has 0 saturated heterocycles. The average molecular weight is 164 g/mol. The lowest BCUT2D eigenvalue weighted by atomic mass is 10.5. The van der Waals surface area contributed by atoms with Gasteiger partial charge in [0.15, 0.2) is 0 Å². The molecule has 0 aliphatic heterocycles. The molecule has 0 spiro atoms. The first kappa shape index (κ1) is 8.64. The molecule has 0 bridgehead atoms. The molecular formula is C8H12N4. The van der Waals surface area contributed by atoms with Crippen LogP contribution in [0.5, 0.6) is 0 Å². The standard InChI is InChI=1S/C6H6N4.C2H6/c1-5-4-7-6-9-8-2-3-10(5)6;1-2/h2-4H,1H3;1-2H3. The topological polar surface area (TPSA) is 43.1 Å². The summed E-state index contributed by atoms with van der Waals surface area (Å²) in [5.41, 5.74) is 1.07. The fourth-order valence-electron chi connectivity index (χ4n) is 0.873. The van der Waals surface area contributed by atoms with Crippen molar-refractivity contribution >= 4 is 5.78 Å². The summed E-state index contributed by atoms with van der Waals surface area (Å²) >= 11 is 0. The third-order valence-electron chi connectivity index (χ3n) is 1.39. The minimum absolute atomic E-state index is 0.653. The van der Waals surface area contributed by atoms with E-state index in [1.54, 1.807) is 12.4 Å². The SMILES string of the molecule is CC.Cc1cnc2nnccn12. The van der Waals surface area contributed by atoms with Gasteiger partial charge in [-0.1, -0.05) is 13.8 Å². The second-order valence-electron chi connectivity index (χ2n) is 2.08. The van der Waals surface area contributed by atoms with E-state index in [1.165, 1.54) is 0 Å². The highest BCUT2D eigenvalue weighted by molar-refractivity contribution is 5.27. The Bertz CT molecular complexity index is 353. The second kappa shape index (κ2) is 3.80. The van der Waals surface area contributed by atoms with Crippen molar-refractivity contribution in [2.75, 3.05) is 0 Å². The molecule has 2 heterocycles. The highest BCUT2D eigenvalue weighted by atomic mass is 15.2. The first-order valence-electron chi connectivity index (χ1n) is 3.99. The van der Waals surface area contributed by atoms with Crippen LogP contribution in [-0.2, 0) is 0 Å². The van der Waals surface area contributed by atoms with Crippen molar-refractivity contribution in [2.24, 2.45) is 0 Å². The number of imidazole rings is 1. The molecule has 0 aromatic carbocycles. The van der Waals surface area contributed by atoms with Gasteiger partial charge in [-0.25, -0.2) is 4.98 Å². The van der Waals surface area contributed by atoms with E-state index in [9.17, 15) is 0 Å². The Morgan fingerprint density at radius 2 is 2.08 bits per heavy atom. The number of rotatable bonds is 0. The van der Waals surface area contributed by atoms with Gasteiger partial charge in [0.1, 0.15) is 0 Å². The molecule has 0 aliphatic rings. The lowest BCUT2D eigenvalue weighted by Crippen LogP contribution is -1.90. The zero-order chi connectivity index (χ0) is 8.97. The van der Waals surface area contributed by atoms with Crippen molar-refractivity contribution < 1.29 is 0 Å². The van der Waals surface area contributed by atoms with Crippen LogP contribution in [0.2, 0.25) is 0 Å². The summed E-state index contributed by atoms with van der Waals surface area (Å²) in [4.78, 5) is 4.01. The predicted molar refractivity (Wildman–Crippen MR) is 46.9 cm³/mol. The molecule has 64 valence electrons. The van der Waals surface area contributed by atoms with E-state index in [2.05, 4.69) is 15.2 Å². The third kappa shape index (κ3) is 1.42. The molecule has 4 heteroatoms. The van der Waals surface area contributed by atoms with Crippen LogP contribution in [0.3, 0.4) is 0 Å². The maximum Gasteiger partial charge on any atom is 0.253 e. The van der Waals surface area contributed by atoms with Gasteiger partial charge in [0, 0.05) is 11.9 Å². The molecule has 0 unspecified atom stereocenters. The van der Waals surface area contributed by atoms with Gasteiger partial charge in [-0.05, 0) is 6.92 Å². The minimum atomic E-state index is 0.653. The summed E-state index contributed by atoms with van der Waals surface area (Å²) in [5, 5.41) is 7.50. The van der Waals surface area contributed by atoms with Crippen molar-refractivity contribution in [3.8, 4) is 0 Å². The molecular weight excluding hydrogens is 152 g/mol. The van der Waals surface area contributed by atoms with Crippen molar-refractivity contribution in [2.45, 2.75) is 20.8 Å². The van der Waals surface area contributed by atoms with E-state index in [-0.39, 0.29) is 0 Å². The molecule has 0 fully saturated rings. The summed E-state index contributed by atoms with van der Waals surface area (Å²) < 4.78 is 1.88. The van der Waals surface area contributed by atoms with E-state index in [4.69, 9.17) is 0 Å². The zero-order valence-electron chi connectivity index (χ0n) is 7.52. The number of hydrogen-bond acceptors (Lipinski definition) is 3. The molecule has 0 aliphatic carbocycles. The molecule has 0 radical (unpaired) electrons. The third-order valence-corrected chi connectivity index (χ3v) is 1.39. The monoisotopic (exact) mass is 164 g/mol. The van der Waals surface area contributed by atoms with Crippen LogP contribution < -0.4 is 0 Å². The number of fused-ring (bicyclic) bond motifs is 1. The van der Waals surface area contributed by atoms with Crippen molar-refractivity contribution in [3.05, 3.63) is 24.3 Å². The van der Waals surface area contributed by atoms with Crippen molar-refractivity contribution in [1.29, 1.82) is 0 Å². The summed E-state index contributed by atoms with van der Waals surface area (Å²) in [6.07, 6.45) is 5.25. The molecule has 0 atom stereocenters. The van der Waals surface area contributed by atoms with E-state index < -0.39 is 0 Å². The number of aryl methyl sites for hydroxylation is 1. The zero-order valence-corrected chi connectivity index (χ0v) is 7.52. The Hall–Kier alpha value is -1.45. The van der Waals surface area contributed by atoms with Crippen LogP contribution in [0.4, 0.5) is 0 Å². The maximum absolute atomic E-state index is 4.01. The van der Waals surface area contributed by atoms with Gasteiger partial charge < -0.3 is 0 Å². The lowest BCUT2D eigenvalue weighted by molar-refractivity contribution is 0.950. The van der Waals surface area contributed by atoms with Crippen LogP contribution in [0.25, 0.3) is 5.78 Å². The molecule has 2 aromatic heterocycles. The second-order valence-corrected chi connectivity index (χ2v) is 2.08. The largest absolute Gasteiger partial charge is 0.286 e. The van der Waals surface area contributed by atoms with Gasteiger partial charge in [0.25, 0.3) is 5.78 Å². The van der Waals surface area contributed by atoms with Gasteiger partial charge in [-0.15, -0.1) is 5.10 Å². The Morgan fingerprint density at radius 3 is 2.75 bits per heavy atom. The maximum atomic E-state index is 4.01. The molecule has 2 rings (SSSR count). The van der Waals surface area contributed by atoms with Gasteiger partial charge in [-0.2, -0.15) is 5.10 Å². The Kier molecular flexibility index (Phi) is 2.74. The molecule has 0 amide bonds. The molecule has 2 aromatic rings. The van der Waals surface area contributed by atoms with E-state index in [0.717, 1.165) is 5.69 Å². The minimum Gasteiger partial charge on any atom is -0.286 e. The highest BCUT2D eigenvalue weighted by Crippen LogP contribution is 1.98. The summed E-state index contributed by atoms with van der Waals surface area (Å²) in [7, 11) is 0.